The molecular formula is C69H58N10O. The number of benzene rings is 7. The normalized spacial score (nSPS) is 10.3. The van der Waals surface area contributed by atoms with Gasteiger partial charge in [0.15, 0.2) is 5.78 Å². The molecule has 0 aliphatic heterocycles. The fourth-order valence-corrected chi connectivity index (χ4v) is 10.2. The lowest BCUT2D eigenvalue weighted by atomic mass is 9.83. The van der Waals surface area contributed by atoms with E-state index in [-0.39, 0.29) is 50.4 Å². The Kier molecular flexibility index (Phi) is 19.7. The van der Waals surface area contributed by atoms with E-state index in [1.165, 1.54) is 0 Å². The molecule has 7 aromatic carbocycles. The molecule has 0 unspecified atom stereocenters. The molecule has 7 rings (SSSR count). The predicted molar refractivity (Wildman–Crippen MR) is 318 cm³/mol. The summed E-state index contributed by atoms with van der Waals surface area (Å²) < 4.78 is 0. The molecule has 0 aromatic heterocycles. The van der Waals surface area contributed by atoms with Crippen molar-refractivity contribution in [3.63, 3.8) is 0 Å². The van der Waals surface area contributed by atoms with Crippen LogP contribution in [-0.2, 0) is 0 Å². The van der Waals surface area contributed by atoms with Crippen LogP contribution in [0.3, 0.4) is 0 Å². The number of nitrogens with zero attached hydrogens (tertiary/aromatic N) is 10. The van der Waals surface area contributed by atoms with Crippen molar-refractivity contribution < 1.29 is 4.79 Å². The third kappa shape index (κ3) is 12.2. The molecule has 0 atom stereocenters. The maximum Gasteiger partial charge on any atom is 0.193 e. The van der Waals surface area contributed by atoms with Gasteiger partial charge >= 0.3 is 0 Å². The molecule has 390 valence electrons. The molecule has 0 radical (unpaired) electrons. The van der Waals surface area contributed by atoms with Gasteiger partial charge in [-0.2, -0.15) is 42.1 Å². The number of carbonyl (C=O) groups excluding carboxylic acids is 1. The number of fused-ring (bicyclic) bond motifs is 6. The Labute approximate surface area is 469 Å². The number of hydrogen-bond donors (Lipinski definition) is 0. The minimum Gasteiger partial charge on any atom is -0.372 e. The second-order valence-electron chi connectivity index (χ2n) is 19.4. The van der Waals surface area contributed by atoms with Crippen molar-refractivity contribution >= 4 is 71.8 Å². The maximum atomic E-state index is 14.2. The van der Waals surface area contributed by atoms with Crippen LogP contribution in [0.5, 0.6) is 0 Å². The Balaban J connectivity index is 1.53. The van der Waals surface area contributed by atoms with Crippen molar-refractivity contribution in [1.29, 1.82) is 42.1 Å². The van der Waals surface area contributed by atoms with Crippen LogP contribution < -0.4 is 9.80 Å². The van der Waals surface area contributed by atoms with Crippen molar-refractivity contribution in [2.24, 2.45) is 0 Å². The maximum absolute atomic E-state index is 14.2. The molecule has 0 spiro atoms. The molecule has 0 bridgehead atoms. The number of unbranched alkanes of at least 4 members (excludes halogenated alkanes) is 4. The summed E-state index contributed by atoms with van der Waals surface area (Å²) in [6.07, 6.45) is 8.05. The second-order valence-corrected chi connectivity index (χ2v) is 19.4. The van der Waals surface area contributed by atoms with Crippen LogP contribution in [0, 0.1) is 90.6 Å². The Morgan fingerprint density at radius 1 is 0.325 bits per heavy atom. The van der Waals surface area contributed by atoms with E-state index < -0.39 is 0 Å². The average Bonchev–Trinajstić information content (AvgIpc) is 3.57. The summed E-state index contributed by atoms with van der Waals surface area (Å²) in [5, 5.41) is 88.9. The van der Waals surface area contributed by atoms with Gasteiger partial charge in [-0.25, -0.2) is 0 Å². The number of carbonyl (C=O) groups is 1. The van der Waals surface area contributed by atoms with Crippen LogP contribution in [0.25, 0.3) is 54.6 Å². The van der Waals surface area contributed by atoms with E-state index >= 15 is 0 Å². The minimum absolute atomic E-state index is 0.0764. The molecule has 80 heavy (non-hydrogen) atoms. The van der Waals surface area contributed by atoms with E-state index in [4.69, 9.17) is 0 Å². The zero-order chi connectivity index (χ0) is 57.1. The summed E-state index contributed by atoms with van der Waals surface area (Å²) in [4.78, 5) is 18.8. The number of anilines is 2. The van der Waals surface area contributed by atoms with Crippen molar-refractivity contribution in [1.82, 2.24) is 0 Å². The topological polar surface area (TPSA) is 214 Å². The third-order valence-electron chi connectivity index (χ3n) is 14.4. The van der Waals surface area contributed by atoms with Gasteiger partial charge < -0.3 is 9.80 Å². The van der Waals surface area contributed by atoms with Crippen molar-refractivity contribution in [2.75, 3.05) is 36.0 Å². The largest absolute Gasteiger partial charge is 0.372 e. The van der Waals surface area contributed by atoms with Crippen LogP contribution in [0.1, 0.15) is 117 Å². The SMILES string of the molecule is CCCCN(CCCC)c1ccc(C(=C(C#N)C#N)C(=C(C#N)C#N)c2ccc3c(c2)c2ccc(C(=O)c4ccccc4)cc2c2ccc(C(=C(C#N)C#N)C(=C(C#N)C#N)c4ccc(N(CCCC)CCCC)cc4)cc23)cc1. The van der Waals surface area contributed by atoms with Gasteiger partial charge in [0.25, 0.3) is 0 Å². The summed E-state index contributed by atoms with van der Waals surface area (Å²) in [5.41, 5.74) is 3.53. The second kappa shape index (κ2) is 27.5. The molecule has 0 aliphatic carbocycles. The zero-order valence-electron chi connectivity index (χ0n) is 45.6. The monoisotopic (exact) mass is 1040 g/mol. The summed E-state index contributed by atoms with van der Waals surface area (Å²) in [7, 11) is 0. The van der Waals surface area contributed by atoms with Crippen LogP contribution in [-0.4, -0.2) is 32.0 Å². The highest BCUT2D eigenvalue weighted by Gasteiger charge is 2.26. The van der Waals surface area contributed by atoms with Crippen LogP contribution in [0.15, 0.2) is 156 Å². The Morgan fingerprint density at radius 2 is 0.600 bits per heavy atom. The molecule has 0 heterocycles. The summed E-state index contributed by atoms with van der Waals surface area (Å²) in [6.45, 7) is 12.0. The number of allylic oxidation sites excluding steroid dienone is 8. The summed E-state index contributed by atoms with van der Waals surface area (Å²) in [6, 6.07) is 56.3. The van der Waals surface area contributed by atoms with Gasteiger partial charge in [0, 0.05) is 71.0 Å². The molecule has 7 aromatic rings. The molecule has 11 heteroatoms. The number of hydrogen-bond acceptors (Lipinski definition) is 11. The van der Waals surface area contributed by atoms with Gasteiger partial charge in [-0.05, 0) is 123 Å². The van der Waals surface area contributed by atoms with E-state index in [9.17, 15) is 46.9 Å². The lowest BCUT2D eigenvalue weighted by Gasteiger charge is -2.25. The third-order valence-corrected chi connectivity index (χ3v) is 14.4. The summed E-state index contributed by atoms with van der Waals surface area (Å²) >= 11 is 0. The minimum atomic E-state index is -0.329. The smallest absolute Gasteiger partial charge is 0.193 e. The van der Waals surface area contributed by atoms with Gasteiger partial charge in [0.05, 0.1) is 0 Å². The van der Waals surface area contributed by atoms with E-state index in [0.717, 1.165) is 88.9 Å². The number of nitriles is 8. The van der Waals surface area contributed by atoms with E-state index in [0.29, 0.717) is 65.7 Å². The molecule has 0 saturated carbocycles. The number of rotatable bonds is 22. The Morgan fingerprint density at radius 3 is 0.900 bits per heavy atom. The van der Waals surface area contributed by atoms with Gasteiger partial charge in [0.2, 0.25) is 0 Å². The fourth-order valence-electron chi connectivity index (χ4n) is 10.2. The van der Waals surface area contributed by atoms with Crippen molar-refractivity contribution in [2.45, 2.75) is 79.1 Å². The fraction of sp³-hybridized carbons (Fsp3) is 0.232. The van der Waals surface area contributed by atoms with Crippen LogP contribution in [0.4, 0.5) is 11.4 Å². The highest BCUT2D eigenvalue weighted by molar-refractivity contribution is 6.28. The van der Waals surface area contributed by atoms with Gasteiger partial charge in [-0.15, -0.1) is 0 Å². The van der Waals surface area contributed by atoms with Crippen LogP contribution in [0.2, 0.25) is 0 Å². The molecule has 0 amide bonds. The Bertz CT molecular complexity index is 3720. The first-order valence-electron chi connectivity index (χ1n) is 27.1. The Hall–Kier alpha value is -10.5. The molecular weight excluding hydrogens is 985 g/mol. The van der Waals surface area contributed by atoms with Gasteiger partial charge in [-0.1, -0.05) is 144 Å². The first-order chi connectivity index (χ1) is 39.1. The average molecular weight is 1040 g/mol. The van der Waals surface area contributed by atoms with E-state index in [1.807, 2.05) is 121 Å². The molecule has 0 fully saturated rings. The molecule has 0 N–H and O–H groups in total. The van der Waals surface area contributed by atoms with Crippen molar-refractivity contribution in [3.8, 4) is 48.6 Å². The summed E-state index contributed by atoms with van der Waals surface area (Å²) in [5.74, 6) is -0.220. The first-order valence-corrected chi connectivity index (χ1v) is 27.1. The molecule has 0 aliphatic rings. The van der Waals surface area contributed by atoms with E-state index in [2.05, 4.69) is 37.5 Å². The number of ketones is 1. The first kappa shape index (κ1) is 57.2. The highest BCUT2D eigenvalue weighted by Crippen LogP contribution is 2.44. The zero-order valence-corrected chi connectivity index (χ0v) is 45.6. The highest BCUT2D eigenvalue weighted by atomic mass is 16.1. The molecule has 11 nitrogen and oxygen atoms in total. The quantitative estimate of drug-likeness (QED) is 0.0269. The lowest BCUT2D eigenvalue weighted by Crippen LogP contribution is -2.25. The predicted octanol–water partition coefficient (Wildman–Crippen LogP) is 15.8. The lowest BCUT2D eigenvalue weighted by molar-refractivity contribution is 0.103. The van der Waals surface area contributed by atoms with Gasteiger partial charge in [0.1, 0.15) is 70.8 Å². The standard InChI is InChI=1S/C69H58N10O/c1-5-9-32-78(33-10-6-2)57-25-18-47(19-26-57)65(53(39-70)40-71)67(55(43-74)44-75)50-22-29-59-62-36-51(23-30-60(62)64-38-52(24-31-61(64)63(59)37-50)69(80)49-16-14-13-15-17-49)68(56(45-76)46-77)66(54(41-72)42-73)48-20-27-58(28-21-48)79(34-11-7-3)35-12-8-4/h13-31,36-38H,5-12,32-35H2,1-4H3. The van der Waals surface area contributed by atoms with Gasteiger partial charge in [-0.3, -0.25) is 4.79 Å². The van der Waals surface area contributed by atoms with E-state index in [1.54, 1.807) is 60.7 Å². The van der Waals surface area contributed by atoms with Crippen LogP contribution >= 0.6 is 0 Å². The van der Waals surface area contributed by atoms with Crippen molar-refractivity contribution in [3.05, 3.63) is 189 Å². The molecule has 0 saturated heterocycles.